The van der Waals surface area contributed by atoms with Crippen LogP contribution >= 0.6 is 0 Å². The molecule has 0 spiro atoms. The lowest BCUT2D eigenvalue weighted by molar-refractivity contribution is -0.383. The van der Waals surface area contributed by atoms with Crippen LogP contribution in [0.4, 0.5) is 11.4 Å². The first-order valence-electron chi connectivity index (χ1n) is 6.40. The molecule has 0 heterocycles. The molecule has 0 saturated heterocycles. The molecule has 2 rings (SSSR count). The van der Waals surface area contributed by atoms with Crippen LogP contribution in [0.3, 0.4) is 0 Å². The number of nitrogens with one attached hydrogen (secondary N) is 2. The Bertz CT molecular complexity index is 656. The zero-order valence-corrected chi connectivity index (χ0v) is 11.5. The van der Waals surface area contributed by atoms with Crippen molar-refractivity contribution < 1.29 is 9.72 Å². The molecule has 2 aromatic carbocycles. The lowest BCUT2D eigenvalue weighted by Gasteiger charge is -2.07. The Hall–Kier alpha value is -2.89. The number of rotatable bonds is 5. The molecule has 0 aliphatic carbocycles. The Kier molecular flexibility index (Phi) is 4.50. The van der Waals surface area contributed by atoms with Crippen LogP contribution in [0.1, 0.15) is 15.9 Å². The quantitative estimate of drug-likeness (QED) is 0.653. The first kappa shape index (κ1) is 14.5. The van der Waals surface area contributed by atoms with E-state index in [1.54, 1.807) is 7.05 Å². The van der Waals surface area contributed by atoms with Gasteiger partial charge in [-0.15, -0.1) is 0 Å². The predicted octanol–water partition coefficient (Wildman–Crippen LogP) is 2.57. The first-order valence-corrected chi connectivity index (χ1v) is 6.40. The van der Waals surface area contributed by atoms with Crippen molar-refractivity contribution >= 4 is 17.3 Å². The van der Waals surface area contributed by atoms with Crippen LogP contribution in [0.5, 0.6) is 0 Å². The van der Waals surface area contributed by atoms with Gasteiger partial charge in [-0.2, -0.15) is 0 Å². The maximum atomic E-state index is 12.1. The molecule has 6 nitrogen and oxygen atoms in total. The largest absolute Gasteiger partial charge is 0.383 e. The average molecular weight is 285 g/mol. The summed E-state index contributed by atoms with van der Waals surface area (Å²) in [7, 11) is 1.58. The van der Waals surface area contributed by atoms with Crippen molar-refractivity contribution in [3.05, 3.63) is 69.8 Å². The number of nitro groups is 1. The Morgan fingerprint density at radius 3 is 2.52 bits per heavy atom. The standard InChI is InChI=1S/C15H15N3O3/c1-16-13-9-12(7-8-14(13)18(20)21)15(19)17-10-11-5-3-2-4-6-11/h2-9,16H,10H2,1H3,(H,17,19). The normalized spacial score (nSPS) is 9.95. The highest BCUT2D eigenvalue weighted by molar-refractivity contribution is 5.95. The molecule has 108 valence electrons. The SMILES string of the molecule is CNc1cc(C(=O)NCc2ccccc2)ccc1[N+](=O)[O-]. The van der Waals surface area contributed by atoms with E-state index in [0.29, 0.717) is 17.8 Å². The second kappa shape index (κ2) is 6.51. The second-order valence-corrected chi connectivity index (χ2v) is 4.41. The molecule has 0 aromatic heterocycles. The smallest absolute Gasteiger partial charge is 0.292 e. The van der Waals surface area contributed by atoms with Crippen molar-refractivity contribution in [3.8, 4) is 0 Å². The summed E-state index contributed by atoms with van der Waals surface area (Å²) in [5.41, 5.74) is 1.62. The number of hydrogen-bond donors (Lipinski definition) is 2. The molecule has 0 aliphatic rings. The third kappa shape index (κ3) is 3.56. The molecule has 2 N–H and O–H groups in total. The van der Waals surface area contributed by atoms with E-state index < -0.39 is 4.92 Å². The summed E-state index contributed by atoms with van der Waals surface area (Å²) in [5, 5.41) is 16.3. The molecule has 0 bridgehead atoms. The minimum atomic E-state index is -0.489. The number of amides is 1. The van der Waals surface area contributed by atoms with Gasteiger partial charge in [0.25, 0.3) is 11.6 Å². The van der Waals surface area contributed by atoms with E-state index in [4.69, 9.17) is 0 Å². The van der Waals surface area contributed by atoms with Gasteiger partial charge in [0.2, 0.25) is 0 Å². The number of carbonyl (C=O) groups excluding carboxylic acids is 1. The van der Waals surface area contributed by atoms with Gasteiger partial charge in [-0.3, -0.25) is 14.9 Å². The van der Waals surface area contributed by atoms with Crippen molar-refractivity contribution in [1.29, 1.82) is 0 Å². The fourth-order valence-corrected chi connectivity index (χ4v) is 1.92. The molecule has 0 saturated carbocycles. The van der Waals surface area contributed by atoms with Crippen molar-refractivity contribution in [3.63, 3.8) is 0 Å². The summed E-state index contributed by atoms with van der Waals surface area (Å²) in [5.74, 6) is -0.273. The highest BCUT2D eigenvalue weighted by Gasteiger charge is 2.15. The third-order valence-electron chi connectivity index (χ3n) is 3.02. The minimum absolute atomic E-state index is 0.0582. The van der Waals surface area contributed by atoms with Gasteiger partial charge < -0.3 is 10.6 Å². The summed E-state index contributed by atoms with van der Waals surface area (Å²) in [6.07, 6.45) is 0. The number of nitro benzene ring substituents is 1. The van der Waals surface area contributed by atoms with Crippen LogP contribution in [0.2, 0.25) is 0 Å². The maximum Gasteiger partial charge on any atom is 0.292 e. The van der Waals surface area contributed by atoms with E-state index in [1.807, 2.05) is 30.3 Å². The zero-order valence-electron chi connectivity index (χ0n) is 11.5. The second-order valence-electron chi connectivity index (χ2n) is 4.41. The Labute approximate surface area is 121 Å². The summed E-state index contributed by atoms with van der Waals surface area (Å²) >= 11 is 0. The van der Waals surface area contributed by atoms with Crippen LogP contribution < -0.4 is 10.6 Å². The number of anilines is 1. The Balaban J connectivity index is 2.11. The summed E-state index contributed by atoms with van der Waals surface area (Å²) in [6.45, 7) is 0.408. The summed E-state index contributed by atoms with van der Waals surface area (Å²) in [4.78, 5) is 22.4. The molecule has 1 amide bonds. The lowest BCUT2D eigenvalue weighted by Crippen LogP contribution is -2.22. The molecular formula is C15H15N3O3. The van der Waals surface area contributed by atoms with E-state index >= 15 is 0 Å². The van der Waals surface area contributed by atoms with E-state index in [9.17, 15) is 14.9 Å². The van der Waals surface area contributed by atoms with Crippen LogP contribution in [0.25, 0.3) is 0 Å². The first-order chi connectivity index (χ1) is 10.1. The fourth-order valence-electron chi connectivity index (χ4n) is 1.92. The van der Waals surface area contributed by atoms with Crippen molar-refractivity contribution in [2.24, 2.45) is 0 Å². The number of nitrogens with zero attached hydrogens (tertiary/aromatic N) is 1. The third-order valence-corrected chi connectivity index (χ3v) is 3.02. The predicted molar refractivity (Wildman–Crippen MR) is 80.3 cm³/mol. The molecule has 0 aliphatic heterocycles. The number of hydrogen-bond acceptors (Lipinski definition) is 4. The monoisotopic (exact) mass is 285 g/mol. The van der Waals surface area contributed by atoms with Gasteiger partial charge in [-0.25, -0.2) is 0 Å². The average Bonchev–Trinajstić information content (AvgIpc) is 2.52. The molecule has 0 fully saturated rings. The van der Waals surface area contributed by atoms with Gasteiger partial charge in [-0.05, 0) is 17.7 Å². The maximum absolute atomic E-state index is 12.1. The van der Waals surface area contributed by atoms with Crippen molar-refractivity contribution in [2.75, 3.05) is 12.4 Å². The topological polar surface area (TPSA) is 84.3 Å². The van der Waals surface area contributed by atoms with E-state index in [-0.39, 0.29) is 11.6 Å². The molecule has 0 unspecified atom stereocenters. The van der Waals surface area contributed by atoms with Crippen LogP contribution in [0.15, 0.2) is 48.5 Å². The number of carbonyl (C=O) groups is 1. The molecule has 6 heteroatoms. The Morgan fingerprint density at radius 1 is 1.19 bits per heavy atom. The zero-order chi connectivity index (χ0) is 15.2. The summed E-state index contributed by atoms with van der Waals surface area (Å²) in [6, 6.07) is 13.8. The van der Waals surface area contributed by atoms with E-state index in [2.05, 4.69) is 10.6 Å². The Morgan fingerprint density at radius 2 is 1.90 bits per heavy atom. The van der Waals surface area contributed by atoms with Gasteiger partial charge in [0.1, 0.15) is 5.69 Å². The highest BCUT2D eigenvalue weighted by atomic mass is 16.6. The lowest BCUT2D eigenvalue weighted by atomic mass is 10.1. The molecule has 21 heavy (non-hydrogen) atoms. The van der Waals surface area contributed by atoms with E-state index in [0.717, 1.165) is 5.56 Å². The summed E-state index contributed by atoms with van der Waals surface area (Å²) < 4.78 is 0. The highest BCUT2D eigenvalue weighted by Crippen LogP contribution is 2.24. The van der Waals surface area contributed by atoms with Crippen molar-refractivity contribution in [1.82, 2.24) is 5.32 Å². The van der Waals surface area contributed by atoms with E-state index in [1.165, 1.54) is 18.2 Å². The molecule has 2 aromatic rings. The van der Waals surface area contributed by atoms with Gasteiger partial charge >= 0.3 is 0 Å². The van der Waals surface area contributed by atoms with Crippen molar-refractivity contribution in [2.45, 2.75) is 6.54 Å². The van der Waals surface area contributed by atoms with Crippen LogP contribution in [-0.2, 0) is 6.54 Å². The molecule has 0 radical (unpaired) electrons. The van der Waals surface area contributed by atoms with Gasteiger partial charge in [-0.1, -0.05) is 30.3 Å². The minimum Gasteiger partial charge on any atom is -0.383 e. The van der Waals surface area contributed by atoms with Gasteiger partial charge in [0, 0.05) is 25.2 Å². The molecule has 0 atom stereocenters. The number of benzene rings is 2. The van der Waals surface area contributed by atoms with Crippen LogP contribution in [0, 0.1) is 10.1 Å². The van der Waals surface area contributed by atoms with Gasteiger partial charge in [0.15, 0.2) is 0 Å². The fraction of sp³-hybridized carbons (Fsp3) is 0.133. The van der Waals surface area contributed by atoms with Gasteiger partial charge in [0.05, 0.1) is 4.92 Å². The molecular weight excluding hydrogens is 270 g/mol. The van der Waals surface area contributed by atoms with Crippen LogP contribution in [-0.4, -0.2) is 17.9 Å².